The largest absolute Gasteiger partial charge is 0.480 e. The van der Waals surface area contributed by atoms with Crippen LogP contribution in [0.25, 0.3) is 0 Å². The van der Waals surface area contributed by atoms with E-state index in [1.165, 1.54) is 12.8 Å². The molecule has 3 nitrogen and oxygen atoms in total. The Morgan fingerprint density at radius 3 is 2.73 bits per heavy atom. The summed E-state index contributed by atoms with van der Waals surface area (Å²) >= 11 is 1.75. The Kier molecular flexibility index (Phi) is 4.46. The number of thioether (sulfide) groups is 1. The highest BCUT2D eigenvalue weighted by molar-refractivity contribution is 8.00. The molecule has 0 bridgehead atoms. The van der Waals surface area contributed by atoms with Crippen molar-refractivity contribution in [3.63, 3.8) is 0 Å². The predicted molar refractivity (Wildman–Crippen MR) is 64.2 cm³/mol. The van der Waals surface area contributed by atoms with E-state index in [0.29, 0.717) is 0 Å². The van der Waals surface area contributed by atoms with Gasteiger partial charge in [0.1, 0.15) is 6.04 Å². The maximum atomic E-state index is 11.2. The first kappa shape index (κ1) is 12.8. The van der Waals surface area contributed by atoms with Gasteiger partial charge < -0.3 is 5.11 Å². The van der Waals surface area contributed by atoms with Gasteiger partial charge in [0.2, 0.25) is 0 Å². The van der Waals surface area contributed by atoms with Gasteiger partial charge in [0.15, 0.2) is 0 Å². The summed E-state index contributed by atoms with van der Waals surface area (Å²) in [7, 11) is 0. The highest BCUT2D eigenvalue weighted by Gasteiger charge is 2.45. The summed E-state index contributed by atoms with van der Waals surface area (Å²) in [6, 6.07) is -0.320. The first-order valence-electron chi connectivity index (χ1n) is 5.60. The van der Waals surface area contributed by atoms with Crippen LogP contribution in [0.4, 0.5) is 0 Å². The van der Waals surface area contributed by atoms with Gasteiger partial charge in [-0.25, -0.2) is 0 Å². The van der Waals surface area contributed by atoms with Crippen LogP contribution in [0.1, 0.15) is 40.0 Å². The molecule has 0 saturated carbocycles. The summed E-state index contributed by atoms with van der Waals surface area (Å²) in [5.41, 5.74) is 0. The van der Waals surface area contributed by atoms with E-state index < -0.39 is 5.97 Å². The first-order valence-corrected chi connectivity index (χ1v) is 6.58. The van der Waals surface area contributed by atoms with E-state index in [4.69, 9.17) is 0 Å². The fraction of sp³-hybridized carbons (Fsp3) is 0.909. The zero-order chi connectivity index (χ0) is 11.5. The van der Waals surface area contributed by atoms with E-state index in [1.54, 1.807) is 11.8 Å². The van der Waals surface area contributed by atoms with Crippen LogP contribution in [0, 0.1) is 0 Å². The zero-order valence-corrected chi connectivity index (χ0v) is 10.6. The van der Waals surface area contributed by atoms with E-state index in [9.17, 15) is 9.90 Å². The lowest BCUT2D eigenvalue weighted by atomic mass is 10.0. The quantitative estimate of drug-likeness (QED) is 0.738. The number of hydrogen-bond acceptors (Lipinski definition) is 3. The van der Waals surface area contributed by atoms with Crippen LogP contribution >= 0.6 is 11.8 Å². The predicted octanol–water partition coefficient (Wildman–Crippen LogP) is 2.41. The Morgan fingerprint density at radius 1 is 1.53 bits per heavy atom. The smallest absolute Gasteiger partial charge is 0.322 e. The third kappa shape index (κ3) is 3.11. The highest BCUT2D eigenvalue weighted by Crippen LogP contribution is 2.39. The molecule has 0 amide bonds. The van der Waals surface area contributed by atoms with Gasteiger partial charge in [-0.2, -0.15) is 0 Å². The monoisotopic (exact) mass is 231 g/mol. The van der Waals surface area contributed by atoms with Crippen molar-refractivity contribution in [2.75, 3.05) is 12.4 Å². The minimum atomic E-state index is -0.679. The summed E-state index contributed by atoms with van der Waals surface area (Å²) in [6.07, 6.45) is 3.48. The normalized spacial score (nSPS) is 25.7. The van der Waals surface area contributed by atoms with Crippen LogP contribution in [0.3, 0.4) is 0 Å². The van der Waals surface area contributed by atoms with Crippen molar-refractivity contribution in [2.45, 2.75) is 50.8 Å². The molecule has 0 unspecified atom stereocenters. The van der Waals surface area contributed by atoms with Crippen LogP contribution in [-0.2, 0) is 4.79 Å². The minimum absolute atomic E-state index is 0.155. The molecule has 0 aliphatic carbocycles. The molecule has 0 radical (unpaired) electrons. The molecule has 1 saturated heterocycles. The van der Waals surface area contributed by atoms with Gasteiger partial charge in [0.05, 0.1) is 0 Å². The van der Waals surface area contributed by atoms with Crippen molar-refractivity contribution >= 4 is 17.7 Å². The summed E-state index contributed by atoms with van der Waals surface area (Å²) in [5, 5.41) is 9.22. The van der Waals surface area contributed by atoms with Crippen LogP contribution in [-0.4, -0.2) is 39.2 Å². The molecular formula is C11H21NO2S. The van der Waals surface area contributed by atoms with Crippen molar-refractivity contribution in [1.82, 2.24) is 4.90 Å². The SMILES string of the molecule is CCCCCN1CSC(C)(C)[C@H]1C(=O)O. The van der Waals surface area contributed by atoms with Gasteiger partial charge in [0.25, 0.3) is 0 Å². The third-order valence-corrected chi connectivity index (χ3v) is 4.34. The minimum Gasteiger partial charge on any atom is -0.480 e. The molecule has 0 spiro atoms. The molecule has 88 valence electrons. The van der Waals surface area contributed by atoms with Gasteiger partial charge in [0, 0.05) is 10.6 Å². The van der Waals surface area contributed by atoms with E-state index in [2.05, 4.69) is 11.8 Å². The molecule has 1 heterocycles. The van der Waals surface area contributed by atoms with Crippen molar-refractivity contribution in [3.8, 4) is 0 Å². The van der Waals surface area contributed by atoms with Gasteiger partial charge in [-0.05, 0) is 26.8 Å². The van der Waals surface area contributed by atoms with E-state index in [1.807, 2.05) is 13.8 Å². The summed E-state index contributed by atoms with van der Waals surface area (Å²) in [5.74, 6) is 0.176. The maximum Gasteiger partial charge on any atom is 0.322 e. The topological polar surface area (TPSA) is 40.5 Å². The summed E-state index contributed by atoms with van der Waals surface area (Å²) in [4.78, 5) is 13.3. The molecule has 1 N–H and O–H groups in total. The molecule has 0 aromatic carbocycles. The van der Waals surface area contributed by atoms with Crippen LogP contribution in [0.2, 0.25) is 0 Å². The van der Waals surface area contributed by atoms with Crippen molar-refractivity contribution in [2.24, 2.45) is 0 Å². The maximum absolute atomic E-state index is 11.2. The van der Waals surface area contributed by atoms with Gasteiger partial charge in [-0.1, -0.05) is 19.8 Å². The number of carboxylic acids is 1. The van der Waals surface area contributed by atoms with E-state index >= 15 is 0 Å². The number of unbranched alkanes of at least 4 members (excludes halogenated alkanes) is 2. The number of nitrogens with zero attached hydrogens (tertiary/aromatic N) is 1. The number of carbonyl (C=O) groups is 1. The molecule has 0 aromatic heterocycles. The Hall–Kier alpha value is -0.220. The Bertz CT molecular complexity index is 231. The second kappa shape index (κ2) is 5.21. The first-order chi connectivity index (χ1) is 6.99. The Morgan fingerprint density at radius 2 is 2.20 bits per heavy atom. The molecule has 1 atom stereocenters. The van der Waals surface area contributed by atoms with E-state index in [0.717, 1.165) is 18.8 Å². The number of carboxylic acid groups (broad SMARTS) is 1. The molecule has 1 aliphatic heterocycles. The zero-order valence-electron chi connectivity index (χ0n) is 9.82. The average Bonchev–Trinajstić information content (AvgIpc) is 2.42. The standard InChI is InChI=1S/C11H21NO2S/c1-4-5-6-7-12-8-15-11(2,3)9(12)10(13)14/h9H,4-8H2,1-3H3,(H,13,14)/t9-/m1/s1. The Labute approximate surface area is 96.2 Å². The summed E-state index contributed by atoms with van der Waals surface area (Å²) in [6.45, 7) is 7.13. The molecule has 4 heteroatoms. The Balaban J connectivity index is 2.54. The molecule has 1 rings (SSSR count). The number of aliphatic carboxylic acids is 1. The van der Waals surface area contributed by atoms with Crippen molar-refractivity contribution < 1.29 is 9.90 Å². The fourth-order valence-electron chi connectivity index (χ4n) is 2.05. The second-order valence-corrected chi connectivity index (χ2v) is 6.24. The lowest BCUT2D eigenvalue weighted by Gasteiger charge is -2.27. The van der Waals surface area contributed by atoms with Crippen LogP contribution in [0.15, 0.2) is 0 Å². The highest BCUT2D eigenvalue weighted by atomic mass is 32.2. The van der Waals surface area contributed by atoms with Crippen molar-refractivity contribution in [3.05, 3.63) is 0 Å². The molecule has 1 fully saturated rings. The van der Waals surface area contributed by atoms with Gasteiger partial charge in [-0.3, -0.25) is 9.69 Å². The van der Waals surface area contributed by atoms with Gasteiger partial charge in [-0.15, -0.1) is 11.8 Å². The molecule has 0 aromatic rings. The third-order valence-electron chi connectivity index (χ3n) is 2.91. The molecular weight excluding hydrogens is 210 g/mol. The summed E-state index contributed by atoms with van der Waals surface area (Å²) < 4.78 is -0.155. The van der Waals surface area contributed by atoms with Crippen LogP contribution in [0.5, 0.6) is 0 Å². The van der Waals surface area contributed by atoms with E-state index in [-0.39, 0.29) is 10.8 Å². The number of rotatable bonds is 5. The van der Waals surface area contributed by atoms with Crippen LogP contribution < -0.4 is 0 Å². The molecule has 15 heavy (non-hydrogen) atoms. The van der Waals surface area contributed by atoms with Gasteiger partial charge >= 0.3 is 5.97 Å². The average molecular weight is 231 g/mol. The number of hydrogen-bond donors (Lipinski definition) is 1. The molecule has 1 aliphatic rings. The fourth-order valence-corrected chi connectivity index (χ4v) is 3.24. The van der Waals surface area contributed by atoms with Crippen molar-refractivity contribution in [1.29, 1.82) is 0 Å². The second-order valence-electron chi connectivity index (χ2n) is 4.64. The lowest BCUT2D eigenvalue weighted by molar-refractivity contribution is -0.143. The lowest BCUT2D eigenvalue weighted by Crippen LogP contribution is -2.46.